The molecule has 0 spiro atoms. The van der Waals surface area contributed by atoms with Crippen molar-refractivity contribution in [3.8, 4) is 0 Å². The zero-order valence-electron chi connectivity index (χ0n) is 49.7. The van der Waals surface area contributed by atoms with Crippen LogP contribution < -0.4 is 4.89 Å². The molecule has 0 rings (SSSR count). The predicted molar refractivity (Wildman–Crippen MR) is 319 cm³/mol. The van der Waals surface area contributed by atoms with E-state index in [-0.39, 0.29) is 32.0 Å². The summed E-state index contributed by atoms with van der Waals surface area (Å²) in [6, 6.07) is 0. The van der Waals surface area contributed by atoms with E-state index < -0.39 is 26.5 Å². The molecule has 0 amide bonds. The van der Waals surface area contributed by atoms with Gasteiger partial charge in [-0.3, -0.25) is 14.2 Å². The molecule has 0 bridgehead atoms. The summed E-state index contributed by atoms with van der Waals surface area (Å²) in [4.78, 5) is 37.9. The molecule has 0 aromatic heterocycles. The van der Waals surface area contributed by atoms with Crippen LogP contribution in [0, 0.1) is 0 Å². The van der Waals surface area contributed by atoms with Crippen LogP contribution in [0.5, 0.6) is 0 Å². The molecule has 2 unspecified atom stereocenters. The first-order valence-corrected chi connectivity index (χ1v) is 33.0. The van der Waals surface area contributed by atoms with Gasteiger partial charge in [-0.05, 0) is 57.8 Å². The summed E-state index contributed by atoms with van der Waals surface area (Å²) in [5.74, 6) is -0.862. The first kappa shape index (κ1) is 72.7. The number of ether oxygens (including phenoxy) is 2. The highest BCUT2D eigenvalue weighted by atomic mass is 31.2. The van der Waals surface area contributed by atoms with Gasteiger partial charge in [0.05, 0.1) is 27.7 Å². The Morgan fingerprint density at radius 2 is 0.760 bits per heavy atom. The van der Waals surface area contributed by atoms with Gasteiger partial charge in [0, 0.05) is 12.8 Å². The second-order valence-electron chi connectivity index (χ2n) is 22.4. The SMILES string of the molecule is CC/C=C\C/C=C\C/C=C\C/C=C\C/C=C\CCCCCC(=O)OC(COC(=O)CCCCCCCCCCCCCCCCCCCCCCCCCCCCCCCCCC)COP(=O)([O-])OCC[N+](C)(C)C. The van der Waals surface area contributed by atoms with Crippen molar-refractivity contribution in [3.05, 3.63) is 60.8 Å². The number of allylic oxidation sites excluding steroid dienone is 10. The lowest BCUT2D eigenvalue weighted by Crippen LogP contribution is -2.37. The smallest absolute Gasteiger partial charge is 0.306 e. The molecule has 0 aromatic carbocycles. The van der Waals surface area contributed by atoms with Gasteiger partial charge in [-0.1, -0.05) is 280 Å². The number of likely N-dealkylation sites (N-methyl/N-ethyl adjacent to an activating group) is 1. The summed E-state index contributed by atoms with van der Waals surface area (Å²) >= 11 is 0. The molecular weight excluding hydrogens is 954 g/mol. The molecule has 9 nitrogen and oxygen atoms in total. The molecule has 0 fully saturated rings. The highest BCUT2D eigenvalue weighted by molar-refractivity contribution is 7.45. The summed E-state index contributed by atoms with van der Waals surface area (Å²) < 4.78 is 34.1. The Morgan fingerprint density at radius 1 is 0.427 bits per heavy atom. The van der Waals surface area contributed by atoms with Gasteiger partial charge in [-0.15, -0.1) is 0 Å². The number of nitrogens with zero attached hydrogens (tertiary/aromatic N) is 1. The molecule has 0 aliphatic rings. The third-order valence-electron chi connectivity index (χ3n) is 13.8. The number of rotatable bonds is 58. The quantitative estimate of drug-likeness (QED) is 0.0195. The minimum Gasteiger partial charge on any atom is -0.756 e. The largest absolute Gasteiger partial charge is 0.756 e. The van der Waals surface area contributed by atoms with Crippen LogP contribution in [0.4, 0.5) is 0 Å². The van der Waals surface area contributed by atoms with E-state index in [0.29, 0.717) is 17.4 Å². The molecular formula is C65H120NO8P. The van der Waals surface area contributed by atoms with Crippen molar-refractivity contribution in [2.24, 2.45) is 0 Å². The summed E-state index contributed by atoms with van der Waals surface area (Å²) in [5.41, 5.74) is 0. The fourth-order valence-electron chi connectivity index (χ4n) is 8.98. The maximum absolute atomic E-state index is 12.8. The van der Waals surface area contributed by atoms with E-state index >= 15 is 0 Å². The van der Waals surface area contributed by atoms with E-state index in [1.54, 1.807) is 0 Å². The molecule has 10 heteroatoms. The van der Waals surface area contributed by atoms with E-state index in [2.05, 4.69) is 74.6 Å². The van der Waals surface area contributed by atoms with Crippen LogP contribution in [0.25, 0.3) is 0 Å². The van der Waals surface area contributed by atoms with Crippen LogP contribution in [-0.2, 0) is 32.7 Å². The molecule has 438 valence electrons. The predicted octanol–water partition coefficient (Wildman–Crippen LogP) is 19.2. The minimum atomic E-state index is -4.65. The first-order chi connectivity index (χ1) is 36.5. The number of carbonyl (C=O) groups is 2. The Labute approximate surface area is 464 Å². The third kappa shape index (κ3) is 60.8. The molecule has 0 N–H and O–H groups in total. The lowest BCUT2D eigenvalue weighted by Gasteiger charge is -2.28. The van der Waals surface area contributed by atoms with Gasteiger partial charge in [0.1, 0.15) is 19.8 Å². The monoisotopic (exact) mass is 1070 g/mol. The Morgan fingerprint density at radius 3 is 1.13 bits per heavy atom. The Kier molecular flexibility index (Phi) is 54.7. The van der Waals surface area contributed by atoms with E-state index in [1.807, 2.05) is 21.1 Å². The average molecular weight is 1070 g/mol. The van der Waals surface area contributed by atoms with E-state index in [0.717, 1.165) is 70.6 Å². The van der Waals surface area contributed by atoms with Crippen molar-refractivity contribution in [1.82, 2.24) is 0 Å². The van der Waals surface area contributed by atoms with Crippen LogP contribution in [0.15, 0.2) is 60.8 Å². The lowest BCUT2D eigenvalue weighted by molar-refractivity contribution is -0.870. The maximum atomic E-state index is 12.8. The zero-order chi connectivity index (χ0) is 54.9. The van der Waals surface area contributed by atoms with Gasteiger partial charge in [-0.2, -0.15) is 0 Å². The summed E-state index contributed by atoms with van der Waals surface area (Å²) in [6.07, 6.45) is 73.0. The zero-order valence-corrected chi connectivity index (χ0v) is 50.6. The Hall–Kier alpha value is -2.29. The highest BCUT2D eigenvalue weighted by Gasteiger charge is 2.22. The molecule has 75 heavy (non-hydrogen) atoms. The van der Waals surface area contributed by atoms with Gasteiger partial charge < -0.3 is 27.9 Å². The summed E-state index contributed by atoms with van der Waals surface area (Å²) in [5, 5.41) is 0. The average Bonchev–Trinajstić information content (AvgIpc) is 3.37. The van der Waals surface area contributed by atoms with Crippen molar-refractivity contribution in [1.29, 1.82) is 0 Å². The summed E-state index contributed by atoms with van der Waals surface area (Å²) in [6.45, 7) is 4.12. The van der Waals surface area contributed by atoms with Crippen LogP contribution in [0.1, 0.15) is 290 Å². The minimum absolute atomic E-state index is 0.0386. The highest BCUT2D eigenvalue weighted by Crippen LogP contribution is 2.38. The van der Waals surface area contributed by atoms with Crippen LogP contribution in [-0.4, -0.2) is 70.0 Å². The van der Waals surface area contributed by atoms with Crippen molar-refractivity contribution >= 4 is 19.8 Å². The molecule has 0 radical (unpaired) electrons. The van der Waals surface area contributed by atoms with Crippen molar-refractivity contribution in [2.45, 2.75) is 296 Å². The Bertz CT molecular complexity index is 1450. The van der Waals surface area contributed by atoms with Crippen molar-refractivity contribution < 1.29 is 42.1 Å². The molecule has 0 saturated heterocycles. The molecule has 0 aliphatic heterocycles. The number of quaternary nitrogens is 1. The number of carbonyl (C=O) groups excluding carboxylic acids is 2. The van der Waals surface area contributed by atoms with Gasteiger partial charge >= 0.3 is 11.9 Å². The standard InChI is InChI=1S/C65H120NO8P/c1-6-8-10-12-14-16-18-20-22-24-26-27-28-29-30-31-32-33-34-35-36-37-38-40-41-43-45-47-49-51-53-55-57-64(67)71-61-63(62-73-75(69,70)72-60-59-66(3,4)5)74-65(68)58-56-54-52-50-48-46-44-42-39-25-23-21-19-17-15-13-11-9-7-2/h9,11,15,17,21,23,39,42,46,48,63H,6-8,10,12-14,16,18-20,22,24-38,40-41,43-45,47,49-62H2,1-5H3/b11-9-,17-15-,23-21-,42-39-,48-46-. The number of esters is 2. The number of phosphoric ester groups is 1. The van der Waals surface area contributed by atoms with Gasteiger partial charge in [-0.25, -0.2) is 0 Å². The number of hydrogen-bond acceptors (Lipinski definition) is 8. The van der Waals surface area contributed by atoms with Gasteiger partial charge in [0.25, 0.3) is 7.82 Å². The maximum Gasteiger partial charge on any atom is 0.306 e. The Balaban J connectivity index is 4.04. The fourth-order valence-corrected chi connectivity index (χ4v) is 9.71. The number of hydrogen-bond donors (Lipinski definition) is 0. The van der Waals surface area contributed by atoms with E-state index in [1.165, 1.54) is 186 Å². The van der Waals surface area contributed by atoms with Crippen molar-refractivity contribution in [3.63, 3.8) is 0 Å². The normalized spacial score (nSPS) is 13.6. The van der Waals surface area contributed by atoms with Crippen molar-refractivity contribution in [2.75, 3.05) is 47.5 Å². The van der Waals surface area contributed by atoms with Crippen LogP contribution in [0.2, 0.25) is 0 Å². The van der Waals surface area contributed by atoms with Crippen LogP contribution >= 0.6 is 7.82 Å². The molecule has 0 aromatic rings. The summed E-state index contributed by atoms with van der Waals surface area (Å²) in [7, 11) is 1.15. The second kappa shape index (κ2) is 56.4. The van der Waals surface area contributed by atoms with E-state index in [4.69, 9.17) is 18.5 Å². The molecule has 0 heterocycles. The van der Waals surface area contributed by atoms with Gasteiger partial charge in [0.2, 0.25) is 0 Å². The van der Waals surface area contributed by atoms with E-state index in [9.17, 15) is 19.0 Å². The molecule has 0 aliphatic carbocycles. The lowest BCUT2D eigenvalue weighted by atomic mass is 10.0. The first-order valence-electron chi connectivity index (χ1n) is 31.5. The topological polar surface area (TPSA) is 111 Å². The third-order valence-corrected chi connectivity index (χ3v) is 14.8. The fraction of sp³-hybridized carbons (Fsp3) is 0.815. The van der Waals surface area contributed by atoms with Crippen LogP contribution in [0.3, 0.4) is 0 Å². The second-order valence-corrected chi connectivity index (χ2v) is 23.8. The molecule has 2 atom stereocenters. The molecule has 0 saturated carbocycles. The number of phosphoric acid groups is 1. The number of unbranched alkanes of at least 4 members (excludes halogenated alkanes) is 34. The van der Waals surface area contributed by atoms with Gasteiger partial charge in [0.15, 0.2) is 6.10 Å².